The van der Waals surface area contributed by atoms with Crippen LogP contribution in [0.5, 0.6) is 0 Å². The first-order valence-corrected chi connectivity index (χ1v) is 4.38. The van der Waals surface area contributed by atoms with E-state index in [1.807, 2.05) is 4.90 Å². The number of rotatable bonds is 0. The molecule has 0 aliphatic carbocycles. The highest BCUT2D eigenvalue weighted by Gasteiger charge is 2.29. The molecule has 0 aromatic heterocycles. The Labute approximate surface area is 78.9 Å². The van der Waals surface area contributed by atoms with Gasteiger partial charge in [-0.25, -0.2) is 0 Å². The van der Waals surface area contributed by atoms with Crippen molar-refractivity contribution >= 4 is 18.3 Å². The lowest BCUT2D eigenvalue weighted by Gasteiger charge is -2.39. The molecule has 0 unspecified atom stereocenters. The molecule has 0 aromatic rings. The van der Waals surface area contributed by atoms with E-state index >= 15 is 0 Å². The summed E-state index contributed by atoms with van der Waals surface area (Å²) in [7, 11) is 0. The van der Waals surface area contributed by atoms with Crippen LogP contribution in [0.3, 0.4) is 0 Å². The van der Waals surface area contributed by atoms with Crippen molar-refractivity contribution in [1.82, 2.24) is 10.2 Å². The maximum atomic E-state index is 11.3. The van der Waals surface area contributed by atoms with E-state index in [1.165, 1.54) is 19.3 Å². The second-order valence-electron chi connectivity index (χ2n) is 3.37. The van der Waals surface area contributed by atoms with Gasteiger partial charge in [0.1, 0.15) is 0 Å². The number of nitrogens with zero attached hydrogens (tertiary/aromatic N) is 1. The summed E-state index contributed by atoms with van der Waals surface area (Å²) >= 11 is 0. The smallest absolute Gasteiger partial charge is 0.236 e. The van der Waals surface area contributed by atoms with Gasteiger partial charge in [-0.2, -0.15) is 0 Å². The Morgan fingerprint density at radius 1 is 1.42 bits per heavy atom. The van der Waals surface area contributed by atoms with Crippen molar-refractivity contribution in [2.75, 3.05) is 19.6 Å². The highest BCUT2D eigenvalue weighted by atomic mass is 35.5. The maximum Gasteiger partial charge on any atom is 0.236 e. The van der Waals surface area contributed by atoms with Gasteiger partial charge in [-0.05, 0) is 19.3 Å². The first-order valence-electron chi connectivity index (χ1n) is 4.38. The zero-order chi connectivity index (χ0) is 7.68. The fourth-order valence-corrected chi connectivity index (χ4v) is 1.99. The molecule has 3 nitrogen and oxygen atoms in total. The summed E-state index contributed by atoms with van der Waals surface area (Å²) in [5.41, 5.74) is 0. The van der Waals surface area contributed by atoms with E-state index in [1.54, 1.807) is 0 Å². The number of piperidine rings is 1. The summed E-state index contributed by atoms with van der Waals surface area (Å²) in [6, 6.07) is 0.505. The number of carbonyl (C=O) groups is 1. The van der Waals surface area contributed by atoms with Crippen LogP contribution < -0.4 is 5.32 Å². The minimum Gasteiger partial charge on any atom is -0.337 e. The molecule has 2 fully saturated rings. The Bertz CT molecular complexity index is 172. The minimum absolute atomic E-state index is 0. The van der Waals surface area contributed by atoms with Gasteiger partial charge < -0.3 is 10.2 Å². The molecule has 0 bridgehead atoms. The van der Waals surface area contributed by atoms with E-state index in [-0.39, 0.29) is 12.4 Å². The average molecular weight is 191 g/mol. The summed E-state index contributed by atoms with van der Waals surface area (Å²) in [4.78, 5) is 13.3. The molecule has 0 saturated carbocycles. The van der Waals surface area contributed by atoms with Crippen molar-refractivity contribution in [3.05, 3.63) is 0 Å². The van der Waals surface area contributed by atoms with Crippen LogP contribution in [-0.4, -0.2) is 36.5 Å². The molecule has 1 N–H and O–H groups in total. The van der Waals surface area contributed by atoms with Gasteiger partial charge in [0.25, 0.3) is 0 Å². The largest absolute Gasteiger partial charge is 0.337 e. The van der Waals surface area contributed by atoms with Crippen LogP contribution in [-0.2, 0) is 4.79 Å². The van der Waals surface area contributed by atoms with Gasteiger partial charge in [-0.3, -0.25) is 4.79 Å². The summed E-state index contributed by atoms with van der Waals surface area (Å²) in [5.74, 6) is 0.293. The Balaban J connectivity index is 0.000000720. The monoisotopic (exact) mass is 190 g/mol. The number of halogens is 1. The number of amides is 1. The van der Waals surface area contributed by atoms with Crippen LogP contribution in [0, 0.1) is 0 Å². The van der Waals surface area contributed by atoms with Gasteiger partial charge in [0.05, 0.1) is 6.54 Å². The third kappa shape index (κ3) is 1.72. The third-order valence-corrected chi connectivity index (χ3v) is 2.60. The lowest BCUT2D eigenvalue weighted by atomic mass is 10.0. The number of carbonyl (C=O) groups excluding carboxylic acids is 1. The van der Waals surface area contributed by atoms with E-state index in [4.69, 9.17) is 0 Å². The molecule has 2 aliphatic heterocycles. The second kappa shape index (κ2) is 4.10. The Hall–Kier alpha value is -0.280. The zero-order valence-corrected chi connectivity index (χ0v) is 7.90. The first-order chi connectivity index (χ1) is 5.38. The predicted molar refractivity (Wildman–Crippen MR) is 49.5 cm³/mol. The molecule has 2 rings (SSSR count). The van der Waals surface area contributed by atoms with E-state index in [2.05, 4.69) is 5.32 Å². The van der Waals surface area contributed by atoms with Gasteiger partial charge >= 0.3 is 0 Å². The Morgan fingerprint density at radius 3 is 3.00 bits per heavy atom. The van der Waals surface area contributed by atoms with Gasteiger partial charge in [-0.15, -0.1) is 12.4 Å². The second-order valence-corrected chi connectivity index (χ2v) is 3.37. The van der Waals surface area contributed by atoms with Gasteiger partial charge in [0.2, 0.25) is 5.91 Å². The molecule has 1 atom stereocenters. The first kappa shape index (κ1) is 9.81. The van der Waals surface area contributed by atoms with Gasteiger partial charge in [-0.1, -0.05) is 0 Å². The fraction of sp³-hybridized carbons (Fsp3) is 0.875. The summed E-state index contributed by atoms with van der Waals surface area (Å²) < 4.78 is 0. The van der Waals surface area contributed by atoms with Crippen LogP contribution in [0.2, 0.25) is 0 Å². The number of hydrogen-bond donors (Lipinski definition) is 1. The lowest BCUT2D eigenvalue weighted by molar-refractivity contribution is -0.136. The molecular formula is C8H15ClN2O. The van der Waals surface area contributed by atoms with Crippen LogP contribution in [0.4, 0.5) is 0 Å². The molecule has 2 saturated heterocycles. The van der Waals surface area contributed by atoms with Crippen LogP contribution >= 0.6 is 12.4 Å². The lowest BCUT2D eigenvalue weighted by Crippen LogP contribution is -2.56. The van der Waals surface area contributed by atoms with Crippen molar-refractivity contribution < 1.29 is 4.79 Å². The third-order valence-electron chi connectivity index (χ3n) is 2.60. The van der Waals surface area contributed by atoms with Gasteiger partial charge in [0, 0.05) is 19.1 Å². The highest BCUT2D eigenvalue weighted by molar-refractivity contribution is 5.85. The van der Waals surface area contributed by atoms with Crippen molar-refractivity contribution in [1.29, 1.82) is 0 Å². The zero-order valence-electron chi connectivity index (χ0n) is 7.08. The van der Waals surface area contributed by atoms with Gasteiger partial charge in [0.15, 0.2) is 0 Å². The summed E-state index contributed by atoms with van der Waals surface area (Å²) in [6.07, 6.45) is 3.68. The number of nitrogens with one attached hydrogen (secondary N) is 1. The minimum atomic E-state index is 0. The quantitative estimate of drug-likeness (QED) is 0.600. The molecule has 4 heteroatoms. The molecule has 2 aliphatic rings. The molecular weight excluding hydrogens is 176 g/mol. The van der Waals surface area contributed by atoms with Crippen molar-refractivity contribution in [2.45, 2.75) is 25.3 Å². The summed E-state index contributed by atoms with van der Waals surface area (Å²) in [6.45, 7) is 2.55. The van der Waals surface area contributed by atoms with E-state index in [0.29, 0.717) is 18.5 Å². The SMILES string of the molecule is Cl.O=C1CNC[C@H]2CCCCN12. The predicted octanol–water partition coefficient (Wildman–Crippen LogP) is 0.392. The standard InChI is InChI=1S/C8H14N2O.ClH/c11-8-6-9-5-7-3-1-2-4-10(7)8;/h7,9H,1-6H2;1H/t7-;/m1./s1. The molecule has 2 heterocycles. The van der Waals surface area contributed by atoms with Crippen LogP contribution in [0.1, 0.15) is 19.3 Å². The van der Waals surface area contributed by atoms with Crippen molar-refractivity contribution in [3.8, 4) is 0 Å². The molecule has 1 amide bonds. The Morgan fingerprint density at radius 2 is 2.25 bits per heavy atom. The van der Waals surface area contributed by atoms with E-state index < -0.39 is 0 Å². The van der Waals surface area contributed by atoms with Crippen LogP contribution in [0.25, 0.3) is 0 Å². The fourth-order valence-electron chi connectivity index (χ4n) is 1.99. The average Bonchev–Trinajstić information content (AvgIpc) is 2.06. The molecule has 70 valence electrons. The molecule has 12 heavy (non-hydrogen) atoms. The highest BCUT2D eigenvalue weighted by Crippen LogP contribution is 2.18. The maximum absolute atomic E-state index is 11.3. The molecule has 0 radical (unpaired) electrons. The van der Waals surface area contributed by atoms with E-state index in [0.717, 1.165) is 13.1 Å². The number of fused-ring (bicyclic) bond motifs is 1. The van der Waals surface area contributed by atoms with Crippen molar-refractivity contribution in [3.63, 3.8) is 0 Å². The topological polar surface area (TPSA) is 32.3 Å². The van der Waals surface area contributed by atoms with Crippen LogP contribution in [0.15, 0.2) is 0 Å². The normalized spacial score (nSPS) is 29.2. The van der Waals surface area contributed by atoms with Crippen molar-refractivity contribution in [2.24, 2.45) is 0 Å². The number of hydrogen-bond acceptors (Lipinski definition) is 2. The summed E-state index contributed by atoms with van der Waals surface area (Å²) in [5, 5.41) is 3.14. The molecule has 0 aromatic carbocycles. The number of piperazine rings is 1. The van der Waals surface area contributed by atoms with E-state index in [9.17, 15) is 4.79 Å². The Kier molecular flexibility index (Phi) is 3.35. The molecule has 0 spiro atoms.